The Morgan fingerprint density at radius 1 is 1.35 bits per heavy atom. The largest absolute Gasteiger partial charge is 0.494 e. The highest BCUT2D eigenvalue weighted by Crippen LogP contribution is 2.24. The number of hydrogen-bond acceptors (Lipinski definition) is 3. The van der Waals surface area contributed by atoms with Crippen LogP contribution in [0.3, 0.4) is 0 Å². The monoisotopic (exact) mass is 309 g/mol. The van der Waals surface area contributed by atoms with E-state index in [0.29, 0.717) is 6.61 Å². The molecule has 0 aliphatic carbocycles. The molecule has 0 aliphatic heterocycles. The first-order valence-electron chi connectivity index (χ1n) is 7.31. The van der Waals surface area contributed by atoms with Gasteiger partial charge in [0.1, 0.15) is 17.4 Å². The number of rotatable bonds is 5. The van der Waals surface area contributed by atoms with Crippen molar-refractivity contribution in [1.29, 1.82) is 5.26 Å². The number of ether oxygens (including phenoxy) is 1. The van der Waals surface area contributed by atoms with Crippen LogP contribution in [0.25, 0.3) is 11.8 Å². The summed E-state index contributed by atoms with van der Waals surface area (Å²) in [6.07, 6.45) is 1.52. The number of nitriles is 1. The highest BCUT2D eigenvalue weighted by molar-refractivity contribution is 6.00. The number of aromatic nitrogens is 1. The van der Waals surface area contributed by atoms with Crippen molar-refractivity contribution in [1.82, 2.24) is 4.57 Å². The SMILES string of the molecule is CCOc1ccc(-n2c(C)cc(/C=C(\C#N)C(N)=O)c2C)cc1. The zero-order valence-electron chi connectivity index (χ0n) is 13.5. The average Bonchev–Trinajstić information content (AvgIpc) is 2.80. The predicted molar refractivity (Wildman–Crippen MR) is 89.2 cm³/mol. The Labute approximate surface area is 135 Å². The van der Waals surface area contributed by atoms with Crippen molar-refractivity contribution in [3.63, 3.8) is 0 Å². The summed E-state index contributed by atoms with van der Waals surface area (Å²) in [4.78, 5) is 11.2. The van der Waals surface area contributed by atoms with Crippen LogP contribution in [0, 0.1) is 25.2 Å². The van der Waals surface area contributed by atoms with E-state index in [0.717, 1.165) is 28.4 Å². The summed E-state index contributed by atoms with van der Waals surface area (Å²) in [5, 5.41) is 8.98. The van der Waals surface area contributed by atoms with Crippen LogP contribution < -0.4 is 10.5 Å². The van der Waals surface area contributed by atoms with Crippen LogP contribution in [-0.2, 0) is 4.79 Å². The second-order valence-electron chi connectivity index (χ2n) is 5.12. The van der Waals surface area contributed by atoms with Crippen molar-refractivity contribution < 1.29 is 9.53 Å². The van der Waals surface area contributed by atoms with Crippen molar-refractivity contribution >= 4 is 12.0 Å². The van der Waals surface area contributed by atoms with Gasteiger partial charge in [-0.2, -0.15) is 5.26 Å². The Kier molecular flexibility index (Phi) is 4.87. The van der Waals surface area contributed by atoms with Crippen molar-refractivity contribution in [3.8, 4) is 17.5 Å². The van der Waals surface area contributed by atoms with E-state index in [1.807, 2.05) is 57.2 Å². The van der Waals surface area contributed by atoms with E-state index >= 15 is 0 Å². The second-order valence-corrected chi connectivity index (χ2v) is 5.12. The molecule has 1 aromatic heterocycles. The molecular formula is C18H19N3O2. The maximum absolute atomic E-state index is 11.2. The molecule has 0 bridgehead atoms. The summed E-state index contributed by atoms with van der Waals surface area (Å²) in [6.45, 7) is 6.47. The van der Waals surface area contributed by atoms with Gasteiger partial charge in [-0.3, -0.25) is 4.79 Å². The van der Waals surface area contributed by atoms with Gasteiger partial charge in [0.05, 0.1) is 6.61 Å². The van der Waals surface area contributed by atoms with Gasteiger partial charge in [-0.15, -0.1) is 0 Å². The molecule has 0 radical (unpaired) electrons. The predicted octanol–water partition coefficient (Wildman–Crippen LogP) is 2.89. The third-order valence-electron chi connectivity index (χ3n) is 3.56. The lowest BCUT2D eigenvalue weighted by Gasteiger charge is -2.11. The highest BCUT2D eigenvalue weighted by Gasteiger charge is 2.12. The van der Waals surface area contributed by atoms with E-state index in [-0.39, 0.29) is 5.57 Å². The zero-order chi connectivity index (χ0) is 17.0. The summed E-state index contributed by atoms with van der Waals surface area (Å²) in [6, 6.07) is 11.5. The van der Waals surface area contributed by atoms with Crippen LogP contribution in [0.5, 0.6) is 5.75 Å². The van der Waals surface area contributed by atoms with E-state index in [1.165, 1.54) is 6.08 Å². The Balaban J connectivity index is 2.46. The van der Waals surface area contributed by atoms with Gasteiger partial charge in [0.25, 0.3) is 5.91 Å². The third kappa shape index (κ3) is 3.43. The molecule has 2 aromatic rings. The maximum Gasteiger partial charge on any atom is 0.259 e. The minimum Gasteiger partial charge on any atom is -0.494 e. The fourth-order valence-corrected chi connectivity index (χ4v) is 2.50. The Bertz CT molecular complexity index is 793. The standard InChI is InChI=1S/C18H19N3O2/c1-4-23-17-7-5-16(6-8-17)21-12(2)9-14(13(21)3)10-15(11-19)18(20)22/h5-10H,4H2,1-3H3,(H2,20,22)/b15-10+. The van der Waals surface area contributed by atoms with Crippen LogP contribution in [0.4, 0.5) is 0 Å². The molecule has 2 N–H and O–H groups in total. The van der Waals surface area contributed by atoms with Crippen LogP contribution >= 0.6 is 0 Å². The molecule has 1 heterocycles. The first-order valence-corrected chi connectivity index (χ1v) is 7.31. The number of amides is 1. The number of nitrogens with two attached hydrogens (primary N) is 1. The number of hydrogen-bond donors (Lipinski definition) is 1. The fraction of sp³-hybridized carbons (Fsp3) is 0.222. The van der Waals surface area contributed by atoms with Crippen molar-refractivity contribution in [3.05, 3.63) is 52.9 Å². The van der Waals surface area contributed by atoms with Crippen LogP contribution in [0.15, 0.2) is 35.9 Å². The lowest BCUT2D eigenvalue weighted by molar-refractivity contribution is -0.114. The molecular weight excluding hydrogens is 290 g/mol. The van der Waals surface area contributed by atoms with E-state index < -0.39 is 5.91 Å². The summed E-state index contributed by atoms with van der Waals surface area (Å²) in [5.41, 5.74) is 8.85. The quantitative estimate of drug-likeness (QED) is 0.681. The topological polar surface area (TPSA) is 81.0 Å². The molecule has 0 aliphatic rings. The van der Waals surface area contributed by atoms with E-state index in [9.17, 15) is 4.79 Å². The molecule has 0 saturated carbocycles. The third-order valence-corrected chi connectivity index (χ3v) is 3.56. The Morgan fingerprint density at radius 3 is 2.52 bits per heavy atom. The molecule has 0 saturated heterocycles. The van der Waals surface area contributed by atoms with Crippen molar-refractivity contribution in [2.24, 2.45) is 5.73 Å². The number of aryl methyl sites for hydroxylation is 1. The fourth-order valence-electron chi connectivity index (χ4n) is 2.50. The molecule has 2 rings (SSSR count). The minimum absolute atomic E-state index is 0.0584. The summed E-state index contributed by atoms with van der Waals surface area (Å²) < 4.78 is 7.50. The lowest BCUT2D eigenvalue weighted by Crippen LogP contribution is -2.12. The number of benzene rings is 1. The molecule has 1 amide bonds. The van der Waals surface area contributed by atoms with Gasteiger partial charge in [0, 0.05) is 17.1 Å². The molecule has 0 unspecified atom stereocenters. The molecule has 5 nitrogen and oxygen atoms in total. The van der Waals surface area contributed by atoms with Gasteiger partial charge in [0.15, 0.2) is 0 Å². The molecule has 118 valence electrons. The normalized spacial score (nSPS) is 11.1. The van der Waals surface area contributed by atoms with Crippen molar-refractivity contribution in [2.45, 2.75) is 20.8 Å². The molecule has 0 spiro atoms. The average molecular weight is 309 g/mol. The van der Waals surface area contributed by atoms with E-state index in [2.05, 4.69) is 4.57 Å². The number of carbonyl (C=O) groups is 1. The van der Waals surface area contributed by atoms with Gasteiger partial charge in [0.2, 0.25) is 0 Å². The molecule has 5 heteroatoms. The summed E-state index contributed by atoms with van der Waals surface area (Å²) in [7, 11) is 0. The first-order chi connectivity index (χ1) is 11.0. The molecule has 23 heavy (non-hydrogen) atoms. The van der Waals surface area contributed by atoms with Crippen LogP contribution in [-0.4, -0.2) is 17.1 Å². The highest BCUT2D eigenvalue weighted by atomic mass is 16.5. The number of carbonyl (C=O) groups excluding carboxylic acids is 1. The van der Waals surface area contributed by atoms with E-state index in [4.69, 9.17) is 15.7 Å². The van der Waals surface area contributed by atoms with Crippen molar-refractivity contribution in [2.75, 3.05) is 6.61 Å². The minimum atomic E-state index is -0.724. The van der Waals surface area contributed by atoms with Gasteiger partial charge in [-0.1, -0.05) is 0 Å². The Morgan fingerprint density at radius 2 is 2.00 bits per heavy atom. The molecule has 0 atom stereocenters. The van der Waals surface area contributed by atoms with Gasteiger partial charge in [-0.05, 0) is 62.7 Å². The van der Waals surface area contributed by atoms with Crippen LogP contribution in [0.1, 0.15) is 23.9 Å². The van der Waals surface area contributed by atoms with Gasteiger partial charge >= 0.3 is 0 Å². The number of nitrogens with zero attached hydrogens (tertiary/aromatic N) is 2. The van der Waals surface area contributed by atoms with Gasteiger partial charge < -0.3 is 15.0 Å². The summed E-state index contributed by atoms with van der Waals surface area (Å²) in [5.74, 6) is 0.0951. The van der Waals surface area contributed by atoms with E-state index in [1.54, 1.807) is 0 Å². The van der Waals surface area contributed by atoms with Crippen LogP contribution in [0.2, 0.25) is 0 Å². The second kappa shape index (κ2) is 6.84. The Hall–Kier alpha value is -3.00. The lowest BCUT2D eigenvalue weighted by atomic mass is 10.1. The molecule has 0 fully saturated rings. The van der Waals surface area contributed by atoms with Gasteiger partial charge in [-0.25, -0.2) is 0 Å². The smallest absolute Gasteiger partial charge is 0.259 e. The summed E-state index contributed by atoms with van der Waals surface area (Å²) >= 11 is 0. The maximum atomic E-state index is 11.2. The first kappa shape index (κ1) is 16.4. The number of primary amides is 1. The molecule has 1 aromatic carbocycles. The zero-order valence-corrected chi connectivity index (χ0v) is 13.5.